The van der Waals surface area contributed by atoms with Crippen LogP contribution in [0.4, 0.5) is 10.9 Å². The van der Waals surface area contributed by atoms with Crippen LogP contribution in [0.25, 0.3) is 10.2 Å². The van der Waals surface area contributed by atoms with Gasteiger partial charge >= 0.3 is 0 Å². The van der Waals surface area contributed by atoms with Crippen LogP contribution in [-0.2, 0) is 9.59 Å². The number of rotatable bonds is 5. The van der Waals surface area contributed by atoms with Crippen molar-refractivity contribution in [1.29, 1.82) is 0 Å². The summed E-state index contributed by atoms with van der Waals surface area (Å²) in [7, 11) is 1.88. The van der Waals surface area contributed by atoms with E-state index in [2.05, 4.69) is 15.5 Å². The summed E-state index contributed by atoms with van der Waals surface area (Å²) in [6, 6.07) is 9.64. The number of anilines is 2. The third-order valence-electron chi connectivity index (χ3n) is 5.08. The van der Waals surface area contributed by atoms with E-state index in [1.54, 1.807) is 24.3 Å². The zero-order chi connectivity index (χ0) is 20.4. The van der Waals surface area contributed by atoms with Crippen molar-refractivity contribution in [2.75, 3.05) is 36.9 Å². The second kappa shape index (κ2) is 8.20. The van der Waals surface area contributed by atoms with E-state index >= 15 is 0 Å². The van der Waals surface area contributed by atoms with Gasteiger partial charge in [-0.3, -0.25) is 9.59 Å². The van der Waals surface area contributed by atoms with Crippen molar-refractivity contribution in [3.8, 4) is 0 Å². The lowest BCUT2D eigenvalue weighted by Crippen LogP contribution is -2.45. The Morgan fingerprint density at radius 1 is 1.31 bits per heavy atom. The van der Waals surface area contributed by atoms with Crippen molar-refractivity contribution in [3.63, 3.8) is 0 Å². The van der Waals surface area contributed by atoms with Crippen molar-refractivity contribution < 1.29 is 14.1 Å². The van der Waals surface area contributed by atoms with E-state index in [1.807, 2.05) is 41.1 Å². The summed E-state index contributed by atoms with van der Waals surface area (Å²) in [5.41, 5.74) is 0.945. The van der Waals surface area contributed by atoms with Gasteiger partial charge in [-0.05, 0) is 31.9 Å². The number of likely N-dealkylation sites (N-methyl/N-ethyl adjacent to an activating group) is 1. The molecule has 0 aliphatic carbocycles. The number of hydrogen-bond acceptors (Lipinski definition) is 7. The van der Waals surface area contributed by atoms with Crippen molar-refractivity contribution in [2.24, 2.45) is 5.92 Å². The van der Waals surface area contributed by atoms with Gasteiger partial charge in [0.2, 0.25) is 11.8 Å². The predicted octanol–water partition coefficient (Wildman–Crippen LogP) is 2.91. The molecule has 0 bridgehead atoms. The molecule has 3 aromatic rings. The average Bonchev–Trinajstić information content (AvgIpc) is 3.34. The summed E-state index contributed by atoms with van der Waals surface area (Å²) < 4.78 is 6.07. The number of aryl methyl sites for hydroxylation is 1. The van der Waals surface area contributed by atoms with Crippen LogP contribution >= 0.6 is 11.3 Å². The number of aromatic nitrogens is 2. The third kappa shape index (κ3) is 4.40. The van der Waals surface area contributed by atoms with Gasteiger partial charge in [-0.15, -0.1) is 0 Å². The fourth-order valence-electron chi connectivity index (χ4n) is 3.44. The van der Waals surface area contributed by atoms with Gasteiger partial charge in [0.05, 0.1) is 16.8 Å². The van der Waals surface area contributed by atoms with Gasteiger partial charge in [0.25, 0.3) is 0 Å². The Kier molecular flexibility index (Phi) is 5.48. The highest BCUT2D eigenvalue weighted by Crippen LogP contribution is 2.28. The minimum Gasteiger partial charge on any atom is -0.360 e. The smallest absolute Gasteiger partial charge is 0.242 e. The first-order valence-corrected chi connectivity index (χ1v) is 10.4. The van der Waals surface area contributed by atoms with Crippen LogP contribution in [0.15, 0.2) is 34.9 Å². The van der Waals surface area contributed by atoms with E-state index in [0.29, 0.717) is 37.5 Å². The maximum atomic E-state index is 12.7. The Morgan fingerprint density at radius 2 is 2.07 bits per heavy atom. The number of carbonyl (C=O) groups excluding carboxylic acids is 2. The molecule has 152 valence electrons. The molecule has 3 heterocycles. The molecule has 8 nitrogen and oxygen atoms in total. The summed E-state index contributed by atoms with van der Waals surface area (Å²) in [6.45, 7) is 3.19. The highest BCUT2D eigenvalue weighted by molar-refractivity contribution is 7.22. The van der Waals surface area contributed by atoms with Crippen molar-refractivity contribution in [2.45, 2.75) is 19.8 Å². The van der Waals surface area contributed by atoms with Crippen molar-refractivity contribution >= 4 is 44.3 Å². The molecule has 1 fully saturated rings. The molecule has 2 aromatic heterocycles. The zero-order valence-corrected chi connectivity index (χ0v) is 17.2. The second-order valence-electron chi connectivity index (χ2n) is 7.29. The van der Waals surface area contributed by atoms with E-state index in [0.717, 1.165) is 15.3 Å². The number of nitrogens with zero attached hydrogens (tertiary/aromatic N) is 4. The number of thiazole rings is 1. The molecule has 0 radical (unpaired) electrons. The number of carbonyl (C=O) groups is 2. The molecule has 9 heteroatoms. The minimum absolute atomic E-state index is 0.0535. The summed E-state index contributed by atoms with van der Waals surface area (Å²) in [5.74, 6) is 0.939. The molecule has 0 atom stereocenters. The van der Waals surface area contributed by atoms with Gasteiger partial charge in [-0.2, -0.15) is 0 Å². The van der Waals surface area contributed by atoms with Crippen LogP contribution in [0.2, 0.25) is 0 Å². The van der Waals surface area contributed by atoms with E-state index in [-0.39, 0.29) is 24.3 Å². The lowest BCUT2D eigenvalue weighted by Gasteiger charge is -2.32. The Labute approximate surface area is 172 Å². The lowest BCUT2D eigenvalue weighted by atomic mass is 9.96. The van der Waals surface area contributed by atoms with Crippen LogP contribution in [0, 0.1) is 12.8 Å². The number of para-hydroxylation sites is 1. The maximum Gasteiger partial charge on any atom is 0.242 e. The van der Waals surface area contributed by atoms with Crippen LogP contribution < -0.4 is 10.2 Å². The van der Waals surface area contributed by atoms with Gasteiger partial charge in [-0.1, -0.05) is 28.6 Å². The molecule has 1 N–H and O–H groups in total. The highest BCUT2D eigenvalue weighted by Gasteiger charge is 2.28. The number of nitrogens with one attached hydrogen (secondary N) is 1. The molecule has 1 aliphatic rings. The SMILES string of the molecule is Cc1cc(NC(=O)C2CCN(C(=O)CN(C)c3nc4ccccc4s3)CC2)no1. The Balaban J connectivity index is 1.28. The van der Waals surface area contributed by atoms with Crippen LogP contribution in [0.5, 0.6) is 0 Å². The van der Waals surface area contributed by atoms with E-state index < -0.39 is 0 Å². The van der Waals surface area contributed by atoms with Crippen LogP contribution in [0.3, 0.4) is 0 Å². The van der Waals surface area contributed by atoms with Gasteiger partial charge < -0.3 is 19.6 Å². The molecule has 2 amide bonds. The summed E-state index contributed by atoms with van der Waals surface area (Å²) >= 11 is 1.58. The predicted molar refractivity (Wildman–Crippen MR) is 112 cm³/mol. The number of benzene rings is 1. The molecule has 1 saturated heterocycles. The topological polar surface area (TPSA) is 91.6 Å². The number of hydrogen-bond donors (Lipinski definition) is 1. The summed E-state index contributed by atoms with van der Waals surface area (Å²) in [4.78, 5) is 33.4. The fourth-order valence-corrected chi connectivity index (χ4v) is 4.36. The molecular formula is C20H23N5O3S. The first-order chi connectivity index (χ1) is 14.0. The van der Waals surface area contributed by atoms with Crippen LogP contribution in [-0.4, -0.2) is 53.5 Å². The normalized spacial score (nSPS) is 14.9. The van der Waals surface area contributed by atoms with E-state index in [1.165, 1.54) is 0 Å². The first kappa shape index (κ1) is 19.4. The zero-order valence-electron chi connectivity index (χ0n) is 16.4. The molecular weight excluding hydrogens is 390 g/mol. The van der Waals surface area contributed by atoms with Crippen molar-refractivity contribution in [3.05, 3.63) is 36.1 Å². The van der Waals surface area contributed by atoms with Gasteiger partial charge in [0.15, 0.2) is 10.9 Å². The Bertz CT molecular complexity index is 989. The number of amides is 2. The highest BCUT2D eigenvalue weighted by atomic mass is 32.1. The van der Waals surface area contributed by atoms with Gasteiger partial charge in [0.1, 0.15) is 5.76 Å². The minimum atomic E-state index is -0.127. The maximum absolute atomic E-state index is 12.7. The van der Waals surface area contributed by atoms with Gasteiger partial charge in [-0.25, -0.2) is 4.98 Å². The molecule has 29 heavy (non-hydrogen) atoms. The Morgan fingerprint density at radius 3 is 2.76 bits per heavy atom. The van der Waals surface area contributed by atoms with E-state index in [4.69, 9.17) is 4.52 Å². The fraction of sp³-hybridized carbons (Fsp3) is 0.400. The van der Waals surface area contributed by atoms with Crippen LogP contribution in [0.1, 0.15) is 18.6 Å². The molecule has 1 aromatic carbocycles. The monoisotopic (exact) mass is 413 g/mol. The first-order valence-electron chi connectivity index (χ1n) is 9.58. The number of likely N-dealkylation sites (tertiary alicyclic amines) is 1. The average molecular weight is 414 g/mol. The third-order valence-corrected chi connectivity index (χ3v) is 6.23. The van der Waals surface area contributed by atoms with E-state index in [9.17, 15) is 9.59 Å². The molecule has 4 rings (SSSR count). The Hall–Kier alpha value is -2.94. The molecule has 1 aliphatic heterocycles. The summed E-state index contributed by atoms with van der Waals surface area (Å²) in [5, 5.41) is 7.40. The molecule has 0 spiro atoms. The largest absolute Gasteiger partial charge is 0.360 e. The second-order valence-corrected chi connectivity index (χ2v) is 8.30. The standard InChI is InChI=1S/C20H23N5O3S/c1-13-11-17(23-28-13)22-19(27)14-7-9-25(10-8-14)18(26)12-24(2)20-21-15-5-3-4-6-16(15)29-20/h3-6,11,14H,7-10,12H2,1-2H3,(H,22,23,27). The molecule has 0 saturated carbocycles. The lowest BCUT2D eigenvalue weighted by molar-refractivity contribution is -0.133. The number of fused-ring (bicyclic) bond motifs is 1. The molecule has 0 unspecified atom stereocenters. The summed E-state index contributed by atoms with van der Waals surface area (Å²) in [6.07, 6.45) is 1.28. The quantitative estimate of drug-likeness (QED) is 0.692. The number of piperidine rings is 1. The van der Waals surface area contributed by atoms with Crippen molar-refractivity contribution in [1.82, 2.24) is 15.0 Å². The van der Waals surface area contributed by atoms with Gasteiger partial charge in [0, 0.05) is 32.1 Å².